The molecule has 0 saturated heterocycles. The number of rotatable bonds is 5. The second-order valence-electron chi connectivity index (χ2n) is 3.67. The van der Waals surface area contributed by atoms with Gasteiger partial charge in [-0.1, -0.05) is 23.7 Å². The number of benzene rings is 1. The maximum Gasteiger partial charge on any atom is 0.141 e. The Hall–Kier alpha value is -1.49. The van der Waals surface area contributed by atoms with Crippen molar-refractivity contribution >= 4 is 23.1 Å². The molecule has 0 aliphatic heterocycles. The molecule has 1 unspecified atom stereocenters. The molecule has 0 aliphatic carbocycles. The summed E-state index contributed by atoms with van der Waals surface area (Å²) in [5, 5.41) is 14.9. The van der Waals surface area contributed by atoms with E-state index in [1.807, 2.05) is 6.92 Å². The van der Waals surface area contributed by atoms with Crippen molar-refractivity contribution in [2.75, 3.05) is 5.32 Å². The summed E-state index contributed by atoms with van der Waals surface area (Å²) in [6.07, 6.45) is 1.10. The summed E-state index contributed by atoms with van der Waals surface area (Å²) in [5.41, 5.74) is 5.93. The van der Waals surface area contributed by atoms with Gasteiger partial charge >= 0.3 is 0 Å². The van der Waals surface area contributed by atoms with Crippen LogP contribution in [0.5, 0.6) is 0 Å². The largest absolute Gasteiger partial charge is 0.409 e. The molecule has 0 aliphatic rings. The molecule has 0 saturated carbocycles. The van der Waals surface area contributed by atoms with Gasteiger partial charge in [-0.15, -0.1) is 0 Å². The van der Waals surface area contributed by atoms with Gasteiger partial charge in [0.15, 0.2) is 0 Å². The molecule has 6 heteroatoms. The maximum absolute atomic E-state index is 13.0. The zero-order valence-corrected chi connectivity index (χ0v) is 10.2. The van der Waals surface area contributed by atoms with E-state index < -0.39 is 0 Å². The van der Waals surface area contributed by atoms with Crippen LogP contribution in [0, 0.1) is 5.82 Å². The predicted octanol–water partition coefficient (Wildman–Crippen LogP) is 2.81. The summed E-state index contributed by atoms with van der Waals surface area (Å²) in [5.74, 6) is -0.243. The molecule has 0 radical (unpaired) electrons. The Morgan fingerprint density at radius 2 is 2.35 bits per heavy atom. The molecule has 0 spiro atoms. The zero-order valence-electron chi connectivity index (χ0n) is 9.45. The standard InChI is InChI=1S/C11H15ClFN3O/c1-2-8(6-11(14)16-17)15-10-5-7(13)3-4-9(10)12/h3-5,8,15,17H,2,6H2,1H3,(H2,14,16). The van der Waals surface area contributed by atoms with Crippen molar-refractivity contribution in [3.05, 3.63) is 29.0 Å². The van der Waals surface area contributed by atoms with Crippen LogP contribution in [0.2, 0.25) is 5.02 Å². The van der Waals surface area contributed by atoms with Gasteiger partial charge < -0.3 is 16.3 Å². The Kier molecular flexibility index (Phi) is 5.03. The lowest BCUT2D eigenvalue weighted by Gasteiger charge is -2.18. The van der Waals surface area contributed by atoms with Crippen LogP contribution in [0.4, 0.5) is 10.1 Å². The minimum atomic E-state index is -0.365. The molecule has 1 aromatic rings. The van der Waals surface area contributed by atoms with Crippen LogP contribution in [0.1, 0.15) is 19.8 Å². The molecule has 4 N–H and O–H groups in total. The number of hydrogen-bond acceptors (Lipinski definition) is 3. The van der Waals surface area contributed by atoms with Crippen molar-refractivity contribution in [2.45, 2.75) is 25.8 Å². The molecule has 4 nitrogen and oxygen atoms in total. The lowest BCUT2D eigenvalue weighted by atomic mass is 10.1. The Morgan fingerprint density at radius 3 is 2.94 bits per heavy atom. The summed E-state index contributed by atoms with van der Waals surface area (Å²) >= 11 is 5.93. The Morgan fingerprint density at radius 1 is 1.65 bits per heavy atom. The number of oxime groups is 1. The Bertz CT molecular complexity index is 412. The fraction of sp³-hybridized carbons (Fsp3) is 0.364. The molecule has 0 bridgehead atoms. The third-order valence-corrected chi connectivity index (χ3v) is 2.69. The molecule has 1 atom stereocenters. The molecule has 0 amide bonds. The highest BCUT2D eigenvalue weighted by Crippen LogP contribution is 2.24. The third-order valence-electron chi connectivity index (χ3n) is 2.36. The quantitative estimate of drug-likeness (QED) is 0.330. The SMILES string of the molecule is CCC(C/C(N)=N/O)Nc1cc(F)ccc1Cl. The maximum atomic E-state index is 13.0. The second kappa shape index (κ2) is 6.30. The minimum absolute atomic E-state index is 0.0646. The first-order valence-corrected chi connectivity index (χ1v) is 5.62. The summed E-state index contributed by atoms with van der Waals surface area (Å²) in [4.78, 5) is 0. The van der Waals surface area contributed by atoms with Gasteiger partial charge in [0.1, 0.15) is 11.7 Å². The average molecular weight is 260 g/mol. The fourth-order valence-electron chi connectivity index (χ4n) is 1.42. The molecular weight excluding hydrogens is 245 g/mol. The van der Waals surface area contributed by atoms with Crippen LogP contribution in [0.15, 0.2) is 23.4 Å². The smallest absolute Gasteiger partial charge is 0.141 e. The summed E-state index contributed by atoms with van der Waals surface area (Å²) in [6, 6.07) is 4.02. The van der Waals surface area contributed by atoms with Crippen LogP contribution in [-0.4, -0.2) is 17.1 Å². The molecule has 1 aromatic carbocycles. The minimum Gasteiger partial charge on any atom is -0.409 e. The predicted molar refractivity (Wildman–Crippen MR) is 67.1 cm³/mol. The van der Waals surface area contributed by atoms with Gasteiger partial charge in [-0.25, -0.2) is 4.39 Å². The number of halogens is 2. The fourth-order valence-corrected chi connectivity index (χ4v) is 1.59. The van der Waals surface area contributed by atoms with Crippen LogP contribution < -0.4 is 11.1 Å². The first-order chi connectivity index (χ1) is 8.06. The van der Waals surface area contributed by atoms with Crippen molar-refractivity contribution in [2.24, 2.45) is 10.9 Å². The molecule has 94 valence electrons. The van der Waals surface area contributed by atoms with E-state index in [2.05, 4.69) is 10.5 Å². The molecule has 17 heavy (non-hydrogen) atoms. The number of nitrogens with zero attached hydrogens (tertiary/aromatic N) is 1. The van der Waals surface area contributed by atoms with Gasteiger partial charge in [0.2, 0.25) is 0 Å². The average Bonchev–Trinajstić information content (AvgIpc) is 2.32. The van der Waals surface area contributed by atoms with Gasteiger partial charge in [-0.2, -0.15) is 0 Å². The van der Waals surface area contributed by atoms with E-state index in [1.54, 1.807) is 0 Å². The number of nitrogens with two attached hydrogens (primary N) is 1. The van der Waals surface area contributed by atoms with Gasteiger partial charge in [0.05, 0.1) is 10.7 Å². The van der Waals surface area contributed by atoms with E-state index >= 15 is 0 Å². The highest BCUT2D eigenvalue weighted by Gasteiger charge is 2.11. The highest BCUT2D eigenvalue weighted by atomic mass is 35.5. The van der Waals surface area contributed by atoms with Gasteiger partial charge in [-0.05, 0) is 24.6 Å². The Balaban J connectivity index is 2.76. The van der Waals surface area contributed by atoms with Gasteiger partial charge in [0.25, 0.3) is 0 Å². The summed E-state index contributed by atoms with van der Waals surface area (Å²) in [7, 11) is 0. The van der Waals surface area contributed by atoms with Crippen molar-refractivity contribution in [3.8, 4) is 0 Å². The van der Waals surface area contributed by atoms with Crippen molar-refractivity contribution in [3.63, 3.8) is 0 Å². The summed E-state index contributed by atoms with van der Waals surface area (Å²) < 4.78 is 13.0. The van der Waals surface area contributed by atoms with Crippen LogP contribution in [0.25, 0.3) is 0 Å². The molecule has 0 aromatic heterocycles. The normalized spacial score (nSPS) is 13.5. The molecule has 1 rings (SSSR count). The molecule has 0 heterocycles. The van der Waals surface area contributed by atoms with E-state index in [0.29, 0.717) is 17.1 Å². The van der Waals surface area contributed by atoms with E-state index in [9.17, 15) is 4.39 Å². The van der Waals surface area contributed by atoms with Crippen molar-refractivity contribution in [1.82, 2.24) is 0 Å². The first kappa shape index (κ1) is 13.6. The van der Waals surface area contributed by atoms with Crippen molar-refractivity contribution in [1.29, 1.82) is 0 Å². The lowest BCUT2D eigenvalue weighted by molar-refractivity contribution is 0.316. The molecular formula is C11H15ClFN3O. The topological polar surface area (TPSA) is 70.6 Å². The number of hydrogen-bond donors (Lipinski definition) is 3. The van der Waals surface area contributed by atoms with E-state index in [4.69, 9.17) is 22.5 Å². The number of anilines is 1. The van der Waals surface area contributed by atoms with Crippen LogP contribution >= 0.6 is 11.6 Å². The lowest BCUT2D eigenvalue weighted by Crippen LogP contribution is -2.26. The highest BCUT2D eigenvalue weighted by molar-refractivity contribution is 6.33. The van der Waals surface area contributed by atoms with E-state index in [-0.39, 0.29) is 17.7 Å². The van der Waals surface area contributed by atoms with Gasteiger partial charge in [-0.3, -0.25) is 0 Å². The number of nitrogens with one attached hydrogen (secondary N) is 1. The van der Waals surface area contributed by atoms with Crippen LogP contribution in [-0.2, 0) is 0 Å². The monoisotopic (exact) mass is 259 g/mol. The van der Waals surface area contributed by atoms with E-state index in [1.165, 1.54) is 18.2 Å². The molecule has 0 fully saturated rings. The van der Waals surface area contributed by atoms with Crippen molar-refractivity contribution < 1.29 is 9.60 Å². The first-order valence-electron chi connectivity index (χ1n) is 5.24. The van der Waals surface area contributed by atoms with E-state index in [0.717, 1.165) is 6.42 Å². The third kappa shape index (κ3) is 4.11. The van der Waals surface area contributed by atoms with Crippen LogP contribution in [0.3, 0.4) is 0 Å². The Labute approximate surface area is 104 Å². The second-order valence-corrected chi connectivity index (χ2v) is 4.08. The zero-order chi connectivity index (χ0) is 12.8. The van der Waals surface area contributed by atoms with Gasteiger partial charge in [0, 0.05) is 12.5 Å². The summed E-state index contributed by atoms with van der Waals surface area (Å²) in [6.45, 7) is 1.94. The number of amidine groups is 1.